The van der Waals surface area contributed by atoms with Crippen LogP contribution >= 0.6 is 15.9 Å². The molecule has 0 saturated carbocycles. The summed E-state index contributed by atoms with van der Waals surface area (Å²) in [7, 11) is -2.12. The Bertz CT molecular complexity index is 727. The molecular weight excluding hydrogens is 346 g/mol. The predicted octanol–water partition coefficient (Wildman–Crippen LogP) is 2.27. The zero-order valence-electron chi connectivity index (χ0n) is 11.3. The lowest BCUT2D eigenvalue weighted by atomic mass is 10.2. The molecule has 0 saturated heterocycles. The molecule has 0 N–H and O–H groups in total. The van der Waals surface area contributed by atoms with E-state index in [0.29, 0.717) is 15.9 Å². The minimum Gasteiger partial charge on any atom is -0.338 e. The van der Waals surface area contributed by atoms with Gasteiger partial charge in [-0.2, -0.15) is 9.29 Å². The number of benzene rings is 1. The van der Waals surface area contributed by atoms with Gasteiger partial charge < -0.3 is 4.52 Å². The van der Waals surface area contributed by atoms with Gasteiger partial charge in [0.2, 0.25) is 15.9 Å². The third-order valence-electron chi connectivity index (χ3n) is 2.77. The largest absolute Gasteiger partial charge is 0.338 e. The van der Waals surface area contributed by atoms with Crippen LogP contribution in [0.1, 0.15) is 17.3 Å². The van der Waals surface area contributed by atoms with Gasteiger partial charge in [-0.3, -0.25) is 0 Å². The normalized spacial score (nSPS) is 12.1. The van der Waals surface area contributed by atoms with Crippen LogP contribution in [0.3, 0.4) is 0 Å². The molecule has 6 nitrogen and oxygen atoms in total. The number of aryl methyl sites for hydroxylation is 2. The minimum absolute atomic E-state index is 0.0368. The predicted molar refractivity (Wildman–Crippen MR) is 76.6 cm³/mol. The van der Waals surface area contributed by atoms with Crippen molar-refractivity contribution in [3.63, 3.8) is 0 Å². The molecular formula is C12H14BrN3O3S. The van der Waals surface area contributed by atoms with Gasteiger partial charge in [0.25, 0.3) is 0 Å². The Morgan fingerprint density at radius 1 is 1.35 bits per heavy atom. The van der Waals surface area contributed by atoms with Gasteiger partial charge in [0.1, 0.15) is 0 Å². The number of hydrogen-bond donors (Lipinski definition) is 0. The molecule has 2 rings (SSSR count). The number of hydrogen-bond acceptors (Lipinski definition) is 5. The molecule has 0 radical (unpaired) electrons. The van der Waals surface area contributed by atoms with E-state index in [9.17, 15) is 8.42 Å². The minimum atomic E-state index is -3.61. The maximum Gasteiger partial charge on any atom is 0.243 e. The summed E-state index contributed by atoms with van der Waals surface area (Å²) in [6.07, 6.45) is 0. The lowest BCUT2D eigenvalue weighted by Crippen LogP contribution is -2.27. The first-order chi connectivity index (χ1) is 9.30. The van der Waals surface area contributed by atoms with Crippen molar-refractivity contribution in [3.05, 3.63) is 40.0 Å². The molecule has 0 atom stereocenters. The first-order valence-electron chi connectivity index (χ1n) is 5.82. The summed E-state index contributed by atoms with van der Waals surface area (Å²) in [5.41, 5.74) is 0.682. The molecule has 0 aliphatic rings. The van der Waals surface area contributed by atoms with Crippen LogP contribution in [0.15, 0.2) is 32.1 Å². The Morgan fingerprint density at radius 3 is 2.65 bits per heavy atom. The topological polar surface area (TPSA) is 76.3 Å². The van der Waals surface area contributed by atoms with Crippen molar-refractivity contribution in [3.8, 4) is 0 Å². The maximum atomic E-state index is 12.5. The van der Waals surface area contributed by atoms with Crippen LogP contribution in [0, 0.1) is 13.8 Å². The second-order valence-corrected chi connectivity index (χ2v) is 7.34. The zero-order chi connectivity index (χ0) is 14.9. The molecule has 1 aromatic heterocycles. The van der Waals surface area contributed by atoms with Gasteiger partial charge >= 0.3 is 0 Å². The van der Waals surface area contributed by atoms with Gasteiger partial charge in [0.15, 0.2) is 5.82 Å². The molecule has 1 heterocycles. The molecule has 0 unspecified atom stereocenters. The standard InChI is InChI=1S/C12H14BrN3O3S/c1-8-4-5-10(13)6-11(8)20(17,18)16(3)7-12-14-9(2)15-19-12/h4-6H,7H2,1-3H3. The fourth-order valence-electron chi connectivity index (χ4n) is 1.70. The van der Waals surface area contributed by atoms with Crippen LogP contribution in [-0.4, -0.2) is 29.9 Å². The highest BCUT2D eigenvalue weighted by molar-refractivity contribution is 9.10. The average molecular weight is 360 g/mol. The van der Waals surface area contributed by atoms with Crippen molar-refractivity contribution < 1.29 is 12.9 Å². The molecule has 108 valence electrons. The maximum absolute atomic E-state index is 12.5. The van der Waals surface area contributed by atoms with E-state index in [4.69, 9.17) is 4.52 Å². The molecule has 8 heteroatoms. The van der Waals surface area contributed by atoms with Crippen molar-refractivity contribution >= 4 is 26.0 Å². The molecule has 2 aromatic rings. The SMILES string of the molecule is Cc1noc(CN(C)S(=O)(=O)c2cc(Br)ccc2C)n1. The van der Waals surface area contributed by atoms with E-state index in [-0.39, 0.29) is 17.3 Å². The van der Waals surface area contributed by atoms with Crippen LogP contribution < -0.4 is 0 Å². The fourth-order valence-corrected chi connectivity index (χ4v) is 3.58. The summed E-state index contributed by atoms with van der Waals surface area (Å²) in [5, 5.41) is 3.64. The molecule has 0 aliphatic heterocycles. The molecule has 0 aliphatic carbocycles. The summed E-state index contributed by atoms with van der Waals surface area (Å²) in [5.74, 6) is 0.741. The van der Waals surface area contributed by atoms with Crippen LogP contribution in [0.2, 0.25) is 0 Å². The van der Waals surface area contributed by atoms with Gasteiger partial charge in [-0.05, 0) is 31.5 Å². The lowest BCUT2D eigenvalue weighted by molar-refractivity contribution is 0.334. The number of nitrogens with zero attached hydrogens (tertiary/aromatic N) is 3. The van der Waals surface area contributed by atoms with Gasteiger partial charge in [-0.25, -0.2) is 8.42 Å². The molecule has 1 aromatic carbocycles. The summed E-state index contributed by atoms with van der Waals surface area (Å²) < 4.78 is 31.9. The average Bonchev–Trinajstić information content (AvgIpc) is 2.77. The Kier molecular flexibility index (Phi) is 4.26. The highest BCUT2D eigenvalue weighted by atomic mass is 79.9. The fraction of sp³-hybridized carbons (Fsp3) is 0.333. The molecule has 0 spiro atoms. The summed E-state index contributed by atoms with van der Waals surface area (Å²) in [6, 6.07) is 5.14. The summed E-state index contributed by atoms with van der Waals surface area (Å²) >= 11 is 3.28. The Morgan fingerprint density at radius 2 is 2.05 bits per heavy atom. The van der Waals surface area contributed by atoms with E-state index < -0.39 is 10.0 Å². The van der Waals surface area contributed by atoms with Gasteiger partial charge in [-0.15, -0.1) is 0 Å². The monoisotopic (exact) mass is 359 g/mol. The third kappa shape index (κ3) is 3.08. The Hall–Kier alpha value is -1.25. The molecule has 0 fully saturated rings. The molecule has 0 bridgehead atoms. The molecule has 0 amide bonds. The smallest absolute Gasteiger partial charge is 0.243 e. The number of aromatic nitrogens is 2. The quantitative estimate of drug-likeness (QED) is 0.836. The van der Waals surface area contributed by atoms with E-state index in [0.717, 1.165) is 0 Å². The van der Waals surface area contributed by atoms with Gasteiger partial charge in [0, 0.05) is 11.5 Å². The Balaban J connectivity index is 2.32. The second kappa shape index (κ2) is 5.63. The highest BCUT2D eigenvalue weighted by Crippen LogP contribution is 2.23. The van der Waals surface area contributed by atoms with Crippen LogP contribution in [0.5, 0.6) is 0 Å². The van der Waals surface area contributed by atoms with Gasteiger partial charge in [-0.1, -0.05) is 27.2 Å². The Labute approximate surface area is 126 Å². The van der Waals surface area contributed by atoms with Crippen molar-refractivity contribution in [2.75, 3.05) is 7.05 Å². The first kappa shape index (κ1) is 15.1. The second-order valence-electron chi connectivity index (χ2n) is 4.41. The first-order valence-corrected chi connectivity index (χ1v) is 8.05. The van der Waals surface area contributed by atoms with E-state index >= 15 is 0 Å². The van der Waals surface area contributed by atoms with Crippen LogP contribution in [0.25, 0.3) is 0 Å². The number of sulfonamides is 1. The van der Waals surface area contributed by atoms with Crippen LogP contribution in [-0.2, 0) is 16.6 Å². The lowest BCUT2D eigenvalue weighted by Gasteiger charge is -2.16. The van der Waals surface area contributed by atoms with E-state index in [2.05, 4.69) is 26.1 Å². The van der Waals surface area contributed by atoms with E-state index in [1.807, 2.05) is 0 Å². The zero-order valence-corrected chi connectivity index (χ0v) is 13.7. The van der Waals surface area contributed by atoms with Crippen molar-refractivity contribution in [1.29, 1.82) is 0 Å². The summed E-state index contributed by atoms with van der Waals surface area (Å²) in [4.78, 5) is 4.26. The van der Waals surface area contributed by atoms with Gasteiger partial charge in [0.05, 0.1) is 11.4 Å². The van der Waals surface area contributed by atoms with Crippen molar-refractivity contribution in [2.24, 2.45) is 0 Å². The third-order valence-corrected chi connectivity index (χ3v) is 5.20. The van der Waals surface area contributed by atoms with Crippen molar-refractivity contribution in [2.45, 2.75) is 25.3 Å². The number of halogens is 1. The van der Waals surface area contributed by atoms with Crippen LogP contribution in [0.4, 0.5) is 0 Å². The number of rotatable bonds is 4. The highest BCUT2D eigenvalue weighted by Gasteiger charge is 2.24. The van der Waals surface area contributed by atoms with E-state index in [1.54, 1.807) is 32.0 Å². The van der Waals surface area contributed by atoms with E-state index in [1.165, 1.54) is 11.4 Å². The van der Waals surface area contributed by atoms with Crippen molar-refractivity contribution in [1.82, 2.24) is 14.4 Å². The summed E-state index contributed by atoms with van der Waals surface area (Å²) in [6.45, 7) is 3.47. The molecule has 20 heavy (non-hydrogen) atoms.